The van der Waals surface area contributed by atoms with Crippen molar-refractivity contribution < 1.29 is 14.7 Å². The summed E-state index contributed by atoms with van der Waals surface area (Å²) >= 11 is 1.56. The molecule has 1 saturated heterocycles. The van der Waals surface area contributed by atoms with Crippen LogP contribution in [-0.4, -0.2) is 34.0 Å². The van der Waals surface area contributed by atoms with Gasteiger partial charge in [-0.3, -0.25) is 4.79 Å². The van der Waals surface area contributed by atoms with Crippen molar-refractivity contribution in [2.45, 2.75) is 32.2 Å². The number of thioether (sulfide) groups is 1. The maximum Gasteiger partial charge on any atom is 0.330 e. The Morgan fingerprint density at radius 3 is 2.69 bits per heavy atom. The van der Waals surface area contributed by atoms with Gasteiger partial charge in [0.2, 0.25) is 5.91 Å². The van der Waals surface area contributed by atoms with Crippen LogP contribution in [0.2, 0.25) is 0 Å². The molecule has 1 aliphatic heterocycles. The lowest BCUT2D eigenvalue weighted by Gasteiger charge is -2.24. The average molecular weight is 243 g/mol. The maximum atomic E-state index is 11.7. The van der Waals surface area contributed by atoms with Crippen LogP contribution in [0.15, 0.2) is 11.6 Å². The minimum absolute atomic E-state index is 0.272. The zero-order chi connectivity index (χ0) is 12.2. The fourth-order valence-electron chi connectivity index (χ4n) is 1.60. The summed E-state index contributed by atoms with van der Waals surface area (Å²) in [6.45, 7) is 3.64. The molecule has 1 aliphatic rings. The van der Waals surface area contributed by atoms with E-state index in [0.717, 1.165) is 12.2 Å². The van der Waals surface area contributed by atoms with Crippen LogP contribution in [0, 0.1) is 0 Å². The summed E-state index contributed by atoms with van der Waals surface area (Å²) in [5.74, 6) is 0.0262. The topological polar surface area (TPSA) is 66.4 Å². The molecule has 0 aromatic carbocycles. The Morgan fingerprint density at radius 1 is 1.56 bits per heavy atom. The molecule has 2 N–H and O–H groups in total. The predicted octanol–water partition coefficient (Wildman–Crippen LogP) is 1.42. The van der Waals surface area contributed by atoms with Gasteiger partial charge in [-0.15, -0.1) is 0 Å². The second kappa shape index (κ2) is 5.39. The summed E-state index contributed by atoms with van der Waals surface area (Å²) in [6, 6.07) is 0. The van der Waals surface area contributed by atoms with E-state index in [1.165, 1.54) is 0 Å². The van der Waals surface area contributed by atoms with Crippen molar-refractivity contribution >= 4 is 23.6 Å². The number of hydrogen-bond donors (Lipinski definition) is 2. The van der Waals surface area contributed by atoms with Crippen LogP contribution >= 0.6 is 11.8 Å². The molecule has 1 fully saturated rings. The lowest BCUT2D eigenvalue weighted by Crippen LogP contribution is -2.55. The lowest BCUT2D eigenvalue weighted by atomic mass is 9.98. The molecule has 0 saturated carbocycles. The summed E-state index contributed by atoms with van der Waals surface area (Å²) in [5.41, 5.74) is -0.482. The van der Waals surface area contributed by atoms with E-state index < -0.39 is 11.5 Å². The summed E-state index contributed by atoms with van der Waals surface area (Å²) in [6.07, 6.45) is 3.07. The standard InChI is InChI=1S/C11H17NO3S/c1-3-4-8(2)9(13)12-11(10(14)15)5-6-16-7-11/h4H,3,5-7H2,1-2H3,(H,12,13)(H,14,15). The molecule has 4 nitrogen and oxygen atoms in total. The smallest absolute Gasteiger partial charge is 0.330 e. The molecule has 5 heteroatoms. The van der Waals surface area contributed by atoms with Crippen LogP contribution < -0.4 is 5.32 Å². The van der Waals surface area contributed by atoms with Gasteiger partial charge in [0.1, 0.15) is 5.54 Å². The van der Waals surface area contributed by atoms with E-state index in [1.54, 1.807) is 24.8 Å². The highest BCUT2D eigenvalue weighted by atomic mass is 32.2. The summed E-state index contributed by atoms with van der Waals surface area (Å²) in [5, 5.41) is 11.8. The third kappa shape index (κ3) is 2.78. The number of carboxylic acid groups (broad SMARTS) is 1. The van der Waals surface area contributed by atoms with Gasteiger partial charge >= 0.3 is 5.97 Å². The van der Waals surface area contributed by atoms with Crippen LogP contribution in [0.3, 0.4) is 0 Å². The number of rotatable bonds is 4. The largest absolute Gasteiger partial charge is 0.479 e. The van der Waals surface area contributed by atoms with E-state index in [0.29, 0.717) is 17.7 Å². The molecule has 0 aromatic heterocycles. The van der Waals surface area contributed by atoms with E-state index in [1.807, 2.05) is 6.92 Å². The molecule has 1 heterocycles. The molecule has 0 aliphatic carbocycles. The fraction of sp³-hybridized carbons (Fsp3) is 0.636. The van der Waals surface area contributed by atoms with Gasteiger partial charge in [0, 0.05) is 11.3 Å². The number of nitrogens with one attached hydrogen (secondary N) is 1. The van der Waals surface area contributed by atoms with Gasteiger partial charge in [-0.1, -0.05) is 13.0 Å². The third-order valence-electron chi connectivity index (χ3n) is 2.65. The Kier molecular flexibility index (Phi) is 4.41. The van der Waals surface area contributed by atoms with Gasteiger partial charge in [0.25, 0.3) is 0 Å². The zero-order valence-corrected chi connectivity index (χ0v) is 10.4. The van der Waals surface area contributed by atoms with Crippen LogP contribution in [0.4, 0.5) is 0 Å². The Labute approximate surface area is 99.5 Å². The minimum atomic E-state index is -1.06. The highest BCUT2D eigenvalue weighted by molar-refractivity contribution is 7.99. The van der Waals surface area contributed by atoms with Gasteiger partial charge in [0.05, 0.1) is 0 Å². The van der Waals surface area contributed by atoms with Crippen molar-refractivity contribution in [1.82, 2.24) is 5.32 Å². The van der Waals surface area contributed by atoms with Crippen molar-refractivity contribution in [2.75, 3.05) is 11.5 Å². The normalized spacial score (nSPS) is 25.5. The first-order valence-electron chi connectivity index (χ1n) is 5.32. The van der Waals surface area contributed by atoms with Crippen molar-refractivity contribution in [2.24, 2.45) is 0 Å². The SMILES string of the molecule is CCC=C(C)C(=O)NC1(C(=O)O)CCSC1. The molecule has 1 amide bonds. The number of allylic oxidation sites excluding steroid dienone is 1. The van der Waals surface area contributed by atoms with Crippen LogP contribution in [-0.2, 0) is 9.59 Å². The number of carboxylic acids is 1. The number of hydrogen-bond acceptors (Lipinski definition) is 3. The minimum Gasteiger partial charge on any atom is -0.479 e. The van der Waals surface area contributed by atoms with Crippen molar-refractivity contribution in [3.63, 3.8) is 0 Å². The van der Waals surface area contributed by atoms with Gasteiger partial charge in [0.15, 0.2) is 0 Å². The van der Waals surface area contributed by atoms with E-state index in [4.69, 9.17) is 0 Å². The Hall–Kier alpha value is -0.970. The number of carbonyl (C=O) groups excluding carboxylic acids is 1. The van der Waals surface area contributed by atoms with E-state index in [-0.39, 0.29) is 5.91 Å². The fourth-order valence-corrected chi connectivity index (χ4v) is 2.93. The maximum absolute atomic E-state index is 11.7. The molecule has 0 spiro atoms. The summed E-state index contributed by atoms with van der Waals surface area (Å²) in [4.78, 5) is 22.9. The quantitative estimate of drug-likeness (QED) is 0.733. The van der Waals surface area contributed by atoms with Crippen LogP contribution in [0.5, 0.6) is 0 Å². The highest BCUT2D eigenvalue weighted by Gasteiger charge is 2.43. The number of amides is 1. The van der Waals surface area contributed by atoms with E-state index in [9.17, 15) is 14.7 Å². The molecule has 0 radical (unpaired) electrons. The van der Waals surface area contributed by atoms with E-state index in [2.05, 4.69) is 5.32 Å². The Morgan fingerprint density at radius 2 is 2.25 bits per heavy atom. The predicted molar refractivity (Wildman–Crippen MR) is 64.5 cm³/mol. The molecule has 90 valence electrons. The van der Waals surface area contributed by atoms with Crippen LogP contribution in [0.1, 0.15) is 26.7 Å². The van der Waals surface area contributed by atoms with Gasteiger partial charge in [-0.05, 0) is 25.5 Å². The Bertz CT molecular complexity index is 319. The van der Waals surface area contributed by atoms with E-state index >= 15 is 0 Å². The first-order valence-corrected chi connectivity index (χ1v) is 6.48. The number of aliphatic carboxylic acids is 1. The van der Waals surface area contributed by atoms with Crippen molar-refractivity contribution in [3.8, 4) is 0 Å². The Balaban J connectivity index is 2.74. The number of carbonyl (C=O) groups is 2. The zero-order valence-electron chi connectivity index (χ0n) is 9.58. The molecular formula is C11H17NO3S. The van der Waals surface area contributed by atoms with Gasteiger partial charge < -0.3 is 10.4 Å². The molecule has 0 bridgehead atoms. The molecule has 16 heavy (non-hydrogen) atoms. The monoisotopic (exact) mass is 243 g/mol. The molecule has 1 unspecified atom stereocenters. The second-order valence-electron chi connectivity index (χ2n) is 3.94. The van der Waals surface area contributed by atoms with Gasteiger partial charge in [-0.2, -0.15) is 11.8 Å². The van der Waals surface area contributed by atoms with Crippen molar-refractivity contribution in [1.29, 1.82) is 0 Å². The first kappa shape index (κ1) is 13.1. The average Bonchev–Trinajstić information content (AvgIpc) is 2.68. The molecule has 0 aromatic rings. The molecular weight excluding hydrogens is 226 g/mol. The summed E-state index contributed by atoms with van der Waals surface area (Å²) < 4.78 is 0. The van der Waals surface area contributed by atoms with Gasteiger partial charge in [-0.25, -0.2) is 4.79 Å². The van der Waals surface area contributed by atoms with Crippen molar-refractivity contribution in [3.05, 3.63) is 11.6 Å². The second-order valence-corrected chi connectivity index (χ2v) is 5.04. The highest BCUT2D eigenvalue weighted by Crippen LogP contribution is 2.28. The first-order chi connectivity index (χ1) is 7.52. The van der Waals surface area contributed by atoms with Crippen LogP contribution in [0.25, 0.3) is 0 Å². The summed E-state index contributed by atoms with van der Waals surface area (Å²) in [7, 11) is 0. The molecule has 1 rings (SSSR count). The third-order valence-corrected chi connectivity index (χ3v) is 3.84. The lowest BCUT2D eigenvalue weighted by molar-refractivity contribution is -0.145. The molecule has 1 atom stereocenters.